The van der Waals surface area contributed by atoms with Crippen LogP contribution in [0.1, 0.15) is 30.3 Å². The van der Waals surface area contributed by atoms with Gasteiger partial charge in [-0.3, -0.25) is 0 Å². The van der Waals surface area contributed by atoms with Crippen LogP contribution in [0.4, 0.5) is 0 Å². The third-order valence-electron chi connectivity index (χ3n) is 3.86. The molecule has 2 atom stereocenters. The molecule has 4 nitrogen and oxygen atoms in total. The Bertz CT molecular complexity index is 388. The average Bonchev–Trinajstić information content (AvgIpc) is 2.83. The first-order valence-corrected chi connectivity index (χ1v) is 6.15. The molecule has 0 aliphatic carbocycles. The number of fused-ring (bicyclic) bond motifs is 1. The fourth-order valence-corrected chi connectivity index (χ4v) is 2.94. The quantitative estimate of drug-likeness (QED) is 0.755. The summed E-state index contributed by atoms with van der Waals surface area (Å²) in [5.41, 5.74) is 1.21. The zero-order chi connectivity index (χ0) is 11.1. The molecule has 1 aromatic heterocycles. The van der Waals surface area contributed by atoms with Crippen molar-refractivity contribution in [2.75, 3.05) is 20.1 Å². The highest BCUT2D eigenvalue weighted by atomic mass is 16.3. The summed E-state index contributed by atoms with van der Waals surface area (Å²) in [6.07, 6.45) is 4.66. The van der Waals surface area contributed by atoms with E-state index in [4.69, 9.17) is 0 Å². The van der Waals surface area contributed by atoms with E-state index in [1.54, 1.807) is 0 Å². The first-order valence-electron chi connectivity index (χ1n) is 6.15. The minimum Gasteiger partial charge on any atom is -0.393 e. The predicted octanol–water partition coefficient (Wildman–Crippen LogP) is 0.609. The summed E-state index contributed by atoms with van der Waals surface area (Å²) in [5.74, 6) is 1.83. The summed E-state index contributed by atoms with van der Waals surface area (Å²) in [5, 5.41) is 9.62. The van der Waals surface area contributed by atoms with Crippen molar-refractivity contribution in [1.82, 2.24) is 14.5 Å². The molecule has 88 valence electrons. The number of hydrogen-bond acceptors (Lipinski definition) is 3. The number of nitrogens with zero attached hydrogens (tertiary/aromatic N) is 3. The number of hydrogen-bond donors (Lipinski definition) is 1. The van der Waals surface area contributed by atoms with E-state index in [0.717, 1.165) is 25.9 Å². The first kappa shape index (κ1) is 10.3. The molecule has 2 aliphatic heterocycles. The van der Waals surface area contributed by atoms with Crippen molar-refractivity contribution in [3.63, 3.8) is 0 Å². The van der Waals surface area contributed by atoms with E-state index >= 15 is 0 Å². The fourth-order valence-electron chi connectivity index (χ4n) is 2.94. The van der Waals surface area contributed by atoms with Crippen LogP contribution in [0.3, 0.4) is 0 Å². The Morgan fingerprint density at radius 2 is 2.25 bits per heavy atom. The van der Waals surface area contributed by atoms with Gasteiger partial charge in [0.1, 0.15) is 5.82 Å². The molecule has 1 fully saturated rings. The number of imidazole rings is 1. The lowest BCUT2D eigenvalue weighted by Gasteiger charge is -2.22. The van der Waals surface area contributed by atoms with Gasteiger partial charge in [0.15, 0.2) is 0 Å². The second kappa shape index (κ2) is 3.86. The van der Waals surface area contributed by atoms with Gasteiger partial charge in [0.05, 0.1) is 6.10 Å². The first-order chi connectivity index (χ1) is 7.74. The second-order valence-electron chi connectivity index (χ2n) is 5.15. The van der Waals surface area contributed by atoms with E-state index in [9.17, 15) is 5.11 Å². The van der Waals surface area contributed by atoms with Gasteiger partial charge in [0, 0.05) is 37.3 Å². The highest BCUT2D eigenvalue weighted by molar-refractivity contribution is 5.14. The van der Waals surface area contributed by atoms with Gasteiger partial charge in [-0.15, -0.1) is 0 Å². The molecule has 0 radical (unpaired) electrons. The van der Waals surface area contributed by atoms with Crippen molar-refractivity contribution >= 4 is 0 Å². The van der Waals surface area contributed by atoms with Gasteiger partial charge in [-0.1, -0.05) is 0 Å². The topological polar surface area (TPSA) is 41.3 Å². The van der Waals surface area contributed by atoms with Gasteiger partial charge >= 0.3 is 0 Å². The lowest BCUT2D eigenvalue weighted by atomic mass is 10.1. The summed E-state index contributed by atoms with van der Waals surface area (Å²) in [6.45, 7) is 3.24. The lowest BCUT2D eigenvalue weighted by molar-refractivity contribution is 0.142. The van der Waals surface area contributed by atoms with E-state index in [0.29, 0.717) is 5.92 Å². The van der Waals surface area contributed by atoms with Crippen molar-refractivity contribution in [2.24, 2.45) is 0 Å². The summed E-state index contributed by atoms with van der Waals surface area (Å²) < 4.78 is 2.33. The van der Waals surface area contributed by atoms with Gasteiger partial charge in [0.2, 0.25) is 0 Å². The monoisotopic (exact) mass is 221 g/mol. The van der Waals surface area contributed by atoms with Crippen LogP contribution >= 0.6 is 0 Å². The summed E-state index contributed by atoms with van der Waals surface area (Å²) >= 11 is 0. The van der Waals surface area contributed by atoms with Crippen molar-refractivity contribution in [2.45, 2.75) is 37.8 Å². The third kappa shape index (κ3) is 1.66. The Balaban J connectivity index is 1.86. The summed E-state index contributed by atoms with van der Waals surface area (Å²) in [6, 6.07) is 0. The minimum absolute atomic E-state index is 0.164. The maximum absolute atomic E-state index is 9.62. The van der Waals surface area contributed by atoms with Crippen molar-refractivity contribution in [3.8, 4) is 0 Å². The molecule has 0 amide bonds. The zero-order valence-corrected chi connectivity index (χ0v) is 9.76. The van der Waals surface area contributed by atoms with Crippen LogP contribution in [0.25, 0.3) is 0 Å². The largest absolute Gasteiger partial charge is 0.393 e. The minimum atomic E-state index is -0.164. The van der Waals surface area contributed by atoms with Gasteiger partial charge in [-0.05, 0) is 26.4 Å². The van der Waals surface area contributed by atoms with E-state index in [1.165, 1.54) is 24.5 Å². The van der Waals surface area contributed by atoms with Crippen LogP contribution in [0.15, 0.2) is 6.20 Å². The molecule has 2 aliphatic rings. The van der Waals surface area contributed by atoms with Crippen LogP contribution < -0.4 is 0 Å². The number of rotatable bonds is 1. The lowest BCUT2D eigenvalue weighted by Crippen LogP contribution is -2.25. The molecule has 1 N–H and O–H groups in total. The molecular weight excluding hydrogens is 202 g/mol. The maximum atomic E-state index is 9.62. The molecule has 3 rings (SSSR count). The number of aromatic nitrogens is 2. The smallest absolute Gasteiger partial charge is 0.113 e. The fraction of sp³-hybridized carbons (Fsp3) is 0.750. The normalized spacial score (nSPS) is 30.6. The molecule has 2 unspecified atom stereocenters. The molecule has 0 spiro atoms. The van der Waals surface area contributed by atoms with Crippen molar-refractivity contribution in [1.29, 1.82) is 0 Å². The van der Waals surface area contributed by atoms with Gasteiger partial charge in [-0.25, -0.2) is 4.98 Å². The van der Waals surface area contributed by atoms with E-state index in [-0.39, 0.29) is 6.10 Å². The van der Waals surface area contributed by atoms with E-state index in [1.807, 2.05) is 6.20 Å². The number of aliphatic hydroxyl groups excluding tert-OH is 1. The Labute approximate surface area is 95.9 Å². The number of likely N-dealkylation sites (N-methyl/N-ethyl adjacent to an activating group) is 1. The summed E-state index contributed by atoms with van der Waals surface area (Å²) in [4.78, 5) is 6.94. The van der Waals surface area contributed by atoms with E-state index in [2.05, 4.69) is 21.5 Å². The van der Waals surface area contributed by atoms with E-state index < -0.39 is 0 Å². The number of aliphatic hydroxyl groups is 1. The molecule has 0 bridgehead atoms. The zero-order valence-electron chi connectivity index (χ0n) is 9.76. The highest BCUT2D eigenvalue weighted by Crippen LogP contribution is 2.28. The standard InChI is InChI=1S/C12H19N3O/c1-14-4-2-9(8-14)12-13-7-10-6-11(16)3-5-15(10)12/h7,9,11,16H,2-6,8H2,1H3. The molecule has 0 saturated carbocycles. The second-order valence-corrected chi connectivity index (χ2v) is 5.15. The van der Waals surface area contributed by atoms with Crippen LogP contribution in [0, 0.1) is 0 Å². The summed E-state index contributed by atoms with van der Waals surface area (Å²) in [7, 11) is 2.17. The van der Waals surface area contributed by atoms with Gasteiger partial charge in [-0.2, -0.15) is 0 Å². The van der Waals surface area contributed by atoms with Crippen molar-refractivity contribution in [3.05, 3.63) is 17.7 Å². The molecule has 1 aromatic rings. The maximum Gasteiger partial charge on any atom is 0.113 e. The Morgan fingerprint density at radius 3 is 3.00 bits per heavy atom. The van der Waals surface area contributed by atoms with Crippen LogP contribution in [-0.4, -0.2) is 45.8 Å². The predicted molar refractivity (Wildman–Crippen MR) is 61.4 cm³/mol. The van der Waals surface area contributed by atoms with Crippen LogP contribution in [-0.2, 0) is 13.0 Å². The molecule has 4 heteroatoms. The van der Waals surface area contributed by atoms with Gasteiger partial charge < -0.3 is 14.6 Å². The Morgan fingerprint density at radius 1 is 1.38 bits per heavy atom. The van der Waals surface area contributed by atoms with Crippen LogP contribution in [0.5, 0.6) is 0 Å². The average molecular weight is 221 g/mol. The Hall–Kier alpha value is -0.870. The molecule has 16 heavy (non-hydrogen) atoms. The molecular formula is C12H19N3O. The molecule has 1 saturated heterocycles. The highest BCUT2D eigenvalue weighted by Gasteiger charge is 2.28. The third-order valence-corrected chi connectivity index (χ3v) is 3.86. The SMILES string of the molecule is CN1CCC(c2ncc3n2CCC(O)C3)C1. The van der Waals surface area contributed by atoms with Crippen molar-refractivity contribution < 1.29 is 5.11 Å². The Kier molecular flexibility index (Phi) is 2.48. The molecule has 3 heterocycles. The number of likely N-dealkylation sites (tertiary alicyclic amines) is 1. The van der Waals surface area contributed by atoms with Gasteiger partial charge in [0.25, 0.3) is 0 Å². The molecule has 0 aromatic carbocycles. The van der Waals surface area contributed by atoms with Crippen LogP contribution in [0.2, 0.25) is 0 Å².